The van der Waals surface area contributed by atoms with E-state index >= 15 is 0 Å². The first-order chi connectivity index (χ1) is 34.8. The number of hydrogen-bond acceptors (Lipinski definition) is 6. The van der Waals surface area contributed by atoms with Crippen LogP contribution in [0.2, 0.25) is 0 Å². The summed E-state index contributed by atoms with van der Waals surface area (Å²) in [7, 11) is 7.02. The Morgan fingerprint density at radius 2 is 0.634 bits per heavy atom. The molecule has 13 heteroatoms. The molecular weight excluding hydrogens is 1180 g/mol. The van der Waals surface area contributed by atoms with E-state index in [-0.39, 0.29) is 27.2 Å². The van der Waals surface area contributed by atoms with Gasteiger partial charge in [0.15, 0.2) is 0 Å². The SMILES string of the molecule is Brc1ccccc1-p1oc2ccc3ccccc3c2c2c(ccc3ccccc32)o1.Brc1ccccc1-p1oc2ccc3ccccc3c2c2c(ccc3ccccc32)o1.N[C@@H]1CCCC[C@H]1N.[Cl][Ru][Cl]. The van der Waals surface area contributed by atoms with Gasteiger partial charge in [-0.2, -0.15) is 0 Å². The number of fused-ring (bicyclic) bond motifs is 14. The molecule has 6 nitrogen and oxygen atoms in total. The minimum atomic E-state index is -1.35. The van der Waals surface area contributed by atoms with Gasteiger partial charge in [-0.1, -0.05) is 158 Å². The average Bonchev–Trinajstić information content (AvgIpc) is 3.69. The third-order valence-electron chi connectivity index (χ3n) is 12.8. The predicted molar refractivity (Wildman–Crippen MR) is 307 cm³/mol. The Balaban J connectivity index is 0.000000136. The van der Waals surface area contributed by atoms with Crippen molar-refractivity contribution in [2.24, 2.45) is 11.5 Å². The molecule has 4 N–H and O–H groups in total. The van der Waals surface area contributed by atoms with Crippen molar-refractivity contribution in [3.05, 3.63) is 203 Å². The van der Waals surface area contributed by atoms with Crippen LogP contribution in [0.4, 0.5) is 0 Å². The zero-order chi connectivity index (χ0) is 48.8. The Labute approximate surface area is 445 Å². The summed E-state index contributed by atoms with van der Waals surface area (Å²) in [6, 6.07) is 67.4. The average molecular weight is 1230 g/mol. The van der Waals surface area contributed by atoms with Gasteiger partial charge in [0.05, 0.1) is 10.6 Å². The summed E-state index contributed by atoms with van der Waals surface area (Å²) in [5, 5.41) is 15.8. The van der Waals surface area contributed by atoms with Crippen LogP contribution < -0.4 is 11.5 Å². The van der Waals surface area contributed by atoms with E-state index in [1.165, 1.54) is 55.9 Å². The third-order valence-corrected chi connectivity index (χ3v) is 17.8. The Morgan fingerprint density at radius 3 is 0.901 bits per heavy atom. The molecule has 0 amide bonds. The van der Waals surface area contributed by atoms with E-state index in [4.69, 9.17) is 47.6 Å². The Morgan fingerprint density at radius 1 is 0.380 bits per heavy atom. The normalized spacial score (nSPS) is 14.5. The molecule has 2 atom stereocenters. The standard InChI is InChI=1S/2C26H16BrO2P.C6H14N2.2ClH.Ru/c2*27-21-11-5-6-12-24(21)30-28-22-15-13-17-7-1-3-9-19(17)25(22)26-20-10-4-2-8-18(20)14-16-23(26)29-30;7-5-3-1-2-4-6(5)8;;;/h2*1-16H;5-6H,1-4,7-8H2;2*1H;/q;;;;;+2/p-2/t;;5-,6-;;;/m..1.../s1. The van der Waals surface area contributed by atoms with Gasteiger partial charge in [0.25, 0.3) is 16.0 Å². The zero-order valence-electron chi connectivity index (χ0n) is 38.0. The van der Waals surface area contributed by atoms with Crippen LogP contribution in [0.1, 0.15) is 25.7 Å². The van der Waals surface area contributed by atoms with Crippen molar-refractivity contribution in [3.63, 3.8) is 0 Å². The van der Waals surface area contributed by atoms with Crippen molar-refractivity contribution in [3.8, 4) is 10.6 Å². The van der Waals surface area contributed by atoms with Crippen molar-refractivity contribution >= 4 is 154 Å². The molecule has 0 saturated heterocycles. The summed E-state index contributed by atoms with van der Waals surface area (Å²) < 4.78 is 28.3. The summed E-state index contributed by atoms with van der Waals surface area (Å²) in [5.41, 5.74) is 14.7. The van der Waals surface area contributed by atoms with Gasteiger partial charge in [0.2, 0.25) is 0 Å². The monoisotopic (exact) mass is 1230 g/mol. The van der Waals surface area contributed by atoms with Crippen molar-refractivity contribution in [1.29, 1.82) is 0 Å². The Kier molecular flexibility index (Phi) is 16.0. The number of nitrogens with two attached hydrogens (primary N) is 2. The van der Waals surface area contributed by atoms with Gasteiger partial charge in [0, 0.05) is 42.6 Å². The maximum atomic E-state index is 6.58. The predicted octanol–water partition coefficient (Wildman–Crippen LogP) is 20.3. The fourth-order valence-electron chi connectivity index (χ4n) is 9.32. The molecule has 1 saturated carbocycles. The van der Waals surface area contributed by atoms with Crippen LogP contribution in [-0.4, -0.2) is 12.1 Å². The first-order valence-corrected chi connectivity index (χ1v) is 31.5. The van der Waals surface area contributed by atoms with Gasteiger partial charge in [0.1, 0.15) is 22.3 Å². The zero-order valence-corrected chi connectivity index (χ0v) is 46.2. The van der Waals surface area contributed by atoms with Crippen LogP contribution in [0.25, 0.3) is 97.6 Å². The second-order valence-corrected chi connectivity index (χ2v) is 24.2. The molecule has 71 heavy (non-hydrogen) atoms. The van der Waals surface area contributed by atoms with Crippen LogP contribution in [-0.2, 0) is 15.1 Å². The summed E-state index contributed by atoms with van der Waals surface area (Å²) in [6.07, 6.45) is 4.80. The van der Waals surface area contributed by atoms with Crippen LogP contribution in [0, 0.1) is 0 Å². The Hall–Kier alpha value is -4.88. The molecule has 358 valence electrons. The van der Waals surface area contributed by atoms with E-state index < -0.39 is 16.0 Å². The first-order valence-electron chi connectivity index (χ1n) is 23.1. The minimum absolute atomic E-state index is 0.281. The molecule has 12 aromatic rings. The molecule has 0 aliphatic heterocycles. The summed E-state index contributed by atoms with van der Waals surface area (Å²) in [6.45, 7) is 0. The van der Waals surface area contributed by atoms with Crippen molar-refractivity contribution < 1.29 is 31.9 Å². The fraction of sp³-hybridized carbons (Fsp3) is 0.103. The molecule has 1 aliphatic rings. The summed E-state index contributed by atoms with van der Waals surface area (Å²) in [4.78, 5) is 0. The van der Waals surface area contributed by atoms with E-state index in [0.29, 0.717) is 0 Å². The number of benzene rings is 10. The van der Waals surface area contributed by atoms with Gasteiger partial charge >= 0.3 is 34.5 Å². The topological polar surface area (TPSA) is 105 Å². The molecule has 13 rings (SSSR count). The quantitative estimate of drug-likeness (QED) is 0.167. The van der Waals surface area contributed by atoms with E-state index in [1.807, 2.05) is 36.4 Å². The molecule has 0 bridgehead atoms. The van der Waals surface area contributed by atoms with Gasteiger partial charge < -0.3 is 28.3 Å². The molecule has 1 aliphatic carbocycles. The fourth-order valence-corrected chi connectivity index (χ4v) is 13.5. The van der Waals surface area contributed by atoms with Crippen LogP contribution in [0.15, 0.2) is 220 Å². The van der Waals surface area contributed by atoms with Gasteiger partial charge in [-0.15, -0.1) is 0 Å². The van der Waals surface area contributed by atoms with Crippen LogP contribution in [0.3, 0.4) is 0 Å². The molecule has 0 spiro atoms. The Bertz CT molecular complexity index is 3520. The second-order valence-electron chi connectivity index (χ2n) is 17.1. The second kappa shape index (κ2) is 22.9. The number of halogens is 4. The summed E-state index contributed by atoms with van der Waals surface area (Å²) in [5.74, 6) is 0. The molecular formula is C58H46Br2Cl2N2O4P2Ru. The third kappa shape index (κ3) is 10.6. The number of rotatable bonds is 2. The van der Waals surface area contributed by atoms with E-state index in [9.17, 15) is 0 Å². The van der Waals surface area contributed by atoms with Crippen molar-refractivity contribution in [1.82, 2.24) is 0 Å². The summed E-state index contributed by atoms with van der Waals surface area (Å²) >= 11 is 7.00. The number of hydrogen-bond donors (Lipinski definition) is 2. The van der Waals surface area contributed by atoms with Gasteiger partial charge in [-0.3, -0.25) is 0 Å². The van der Waals surface area contributed by atoms with Crippen LogP contribution >= 0.6 is 67.3 Å². The molecule has 0 radical (unpaired) electrons. The molecule has 2 aromatic heterocycles. The van der Waals surface area contributed by atoms with Gasteiger partial charge in [-0.05, 0) is 136 Å². The van der Waals surface area contributed by atoms with Crippen molar-refractivity contribution in [2.75, 3.05) is 0 Å². The molecule has 10 aromatic carbocycles. The van der Waals surface area contributed by atoms with Crippen molar-refractivity contribution in [2.45, 2.75) is 37.8 Å². The first kappa shape index (κ1) is 49.7. The van der Waals surface area contributed by atoms with E-state index in [1.54, 1.807) is 0 Å². The van der Waals surface area contributed by atoms with Crippen LogP contribution in [0.5, 0.6) is 0 Å². The molecule has 2 heterocycles. The molecule has 1 fully saturated rings. The molecule has 0 unspecified atom stereocenters. The van der Waals surface area contributed by atoms with E-state index in [0.717, 1.165) is 76.3 Å². The maximum absolute atomic E-state index is 6.58. The van der Waals surface area contributed by atoms with Gasteiger partial charge in [-0.25, -0.2) is 0 Å². The van der Waals surface area contributed by atoms with E-state index in [2.05, 4.69) is 190 Å².